The molecule has 0 saturated carbocycles. The van der Waals surface area contributed by atoms with E-state index in [-0.39, 0.29) is 11.7 Å². The van der Waals surface area contributed by atoms with Gasteiger partial charge in [0.05, 0.1) is 6.54 Å². The minimum absolute atomic E-state index is 0.116. The summed E-state index contributed by atoms with van der Waals surface area (Å²) in [4.78, 5) is 29.6. The molecule has 152 valence electrons. The fourth-order valence-corrected chi connectivity index (χ4v) is 3.33. The predicted octanol–water partition coefficient (Wildman–Crippen LogP) is 3.55. The van der Waals surface area contributed by atoms with Gasteiger partial charge in [0.25, 0.3) is 5.91 Å². The smallest absolute Gasteiger partial charge is 0.251 e. The van der Waals surface area contributed by atoms with Gasteiger partial charge in [0.2, 0.25) is 0 Å². The number of benzene rings is 2. The SMILES string of the molecule is CC/C(=C\c1ccccc1)C(=O)Nc1ccc(C(=O)CN2CCN(C)CC2)cc1. The van der Waals surface area contributed by atoms with Gasteiger partial charge < -0.3 is 10.2 Å². The lowest BCUT2D eigenvalue weighted by Gasteiger charge is -2.31. The van der Waals surface area contributed by atoms with Crippen LogP contribution in [0.15, 0.2) is 60.2 Å². The van der Waals surface area contributed by atoms with E-state index in [1.165, 1.54) is 0 Å². The molecule has 0 aromatic heterocycles. The van der Waals surface area contributed by atoms with Crippen molar-refractivity contribution in [1.29, 1.82) is 0 Å². The highest BCUT2D eigenvalue weighted by Gasteiger charge is 2.17. The van der Waals surface area contributed by atoms with Gasteiger partial charge in [-0.15, -0.1) is 0 Å². The molecule has 2 aromatic carbocycles. The lowest BCUT2D eigenvalue weighted by atomic mass is 10.1. The number of amides is 1. The van der Waals surface area contributed by atoms with Crippen LogP contribution < -0.4 is 5.32 Å². The highest BCUT2D eigenvalue weighted by Crippen LogP contribution is 2.15. The number of Topliss-reactive ketones (excluding diaryl/α,β-unsaturated/α-hetero) is 1. The number of nitrogens with one attached hydrogen (secondary N) is 1. The molecule has 5 heteroatoms. The molecule has 0 unspecified atom stereocenters. The van der Waals surface area contributed by atoms with Crippen LogP contribution in [-0.4, -0.2) is 61.3 Å². The number of likely N-dealkylation sites (N-methyl/N-ethyl adjacent to an activating group) is 1. The van der Waals surface area contributed by atoms with Crippen LogP contribution in [-0.2, 0) is 4.79 Å². The van der Waals surface area contributed by atoms with Crippen molar-refractivity contribution in [3.63, 3.8) is 0 Å². The van der Waals surface area contributed by atoms with Crippen LogP contribution >= 0.6 is 0 Å². The molecule has 0 spiro atoms. The molecule has 3 rings (SSSR count). The maximum Gasteiger partial charge on any atom is 0.251 e. The molecule has 1 fully saturated rings. The molecule has 1 amide bonds. The molecule has 29 heavy (non-hydrogen) atoms. The van der Waals surface area contributed by atoms with E-state index in [1.807, 2.05) is 43.3 Å². The van der Waals surface area contributed by atoms with Crippen molar-refractivity contribution in [2.75, 3.05) is 45.1 Å². The normalized spacial score (nSPS) is 15.9. The average molecular weight is 392 g/mol. The average Bonchev–Trinajstić information content (AvgIpc) is 2.74. The number of hydrogen-bond donors (Lipinski definition) is 1. The van der Waals surface area contributed by atoms with Gasteiger partial charge in [-0.05, 0) is 49.4 Å². The van der Waals surface area contributed by atoms with E-state index in [1.54, 1.807) is 24.3 Å². The number of carbonyl (C=O) groups excluding carboxylic acids is 2. The molecule has 1 aliphatic heterocycles. The van der Waals surface area contributed by atoms with E-state index < -0.39 is 0 Å². The zero-order valence-electron chi connectivity index (χ0n) is 17.2. The third kappa shape index (κ3) is 6.11. The standard InChI is InChI=1S/C24H29N3O2/c1-3-20(17-19-7-5-4-6-8-19)24(29)25-22-11-9-21(10-12-22)23(28)18-27-15-13-26(2)14-16-27/h4-12,17H,3,13-16,18H2,1-2H3,(H,25,29)/b20-17+. The van der Waals surface area contributed by atoms with Gasteiger partial charge in [0.15, 0.2) is 5.78 Å². The minimum Gasteiger partial charge on any atom is -0.322 e. The molecule has 5 nitrogen and oxygen atoms in total. The first-order chi connectivity index (χ1) is 14.0. The minimum atomic E-state index is -0.118. The predicted molar refractivity (Wildman–Crippen MR) is 118 cm³/mol. The van der Waals surface area contributed by atoms with Crippen molar-refractivity contribution in [3.05, 3.63) is 71.3 Å². The summed E-state index contributed by atoms with van der Waals surface area (Å²) in [6.07, 6.45) is 2.55. The molecule has 0 aliphatic carbocycles. The summed E-state index contributed by atoms with van der Waals surface area (Å²) < 4.78 is 0. The Morgan fingerprint density at radius 2 is 1.62 bits per heavy atom. The quantitative estimate of drug-likeness (QED) is 0.579. The van der Waals surface area contributed by atoms with Crippen LogP contribution in [0.25, 0.3) is 6.08 Å². The maximum atomic E-state index is 12.6. The van der Waals surface area contributed by atoms with E-state index in [2.05, 4.69) is 22.2 Å². The molecule has 0 bridgehead atoms. The molecular formula is C24H29N3O2. The summed E-state index contributed by atoms with van der Waals surface area (Å²) in [7, 11) is 2.10. The Labute approximate surface area is 173 Å². The summed E-state index contributed by atoms with van der Waals surface area (Å²) in [5.41, 5.74) is 3.09. The summed E-state index contributed by atoms with van der Waals surface area (Å²) in [5.74, 6) is -0.00137. The zero-order valence-corrected chi connectivity index (χ0v) is 17.2. The molecule has 0 radical (unpaired) electrons. The van der Waals surface area contributed by atoms with Crippen molar-refractivity contribution in [2.45, 2.75) is 13.3 Å². The van der Waals surface area contributed by atoms with Crippen LogP contribution in [0.3, 0.4) is 0 Å². The van der Waals surface area contributed by atoms with Crippen LogP contribution in [0.1, 0.15) is 29.3 Å². The van der Waals surface area contributed by atoms with Gasteiger partial charge in [0, 0.05) is 43.0 Å². The lowest BCUT2D eigenvalue weighted by Crippen LogP contribution is -2.46. The van der Waals surface area contributed by atoms with Crippen LogP contribution in [0.4, 0.5) is 5.69 Å². The Bertz CT molecular complexity index is 851. The monoisotopic (exact) mass is 391 g/mol. The largest absolute Gasteiger partial charge is 0.322 e. The second-order valence-electron chi connectivity index (χ2n) is 7.47. The number of anilines is 1. The maximum absolute atomic E-state index is 12.6. The Morgan fingerprint density at radius 3 is 2.24 bits per heavy atom. The Morgan fingerprint density at radius 1 is 0.966 bits per heavy atom. The molecule has 2 aromatic rings. The van der Waals surface area contributed by atoms with Gasteiger partial charge >= 0.3 is 0 Å². The van der Waals surface area contributed by atoms with E-state index >= 15 is 0 Å². The summed E-state index contributed by atoms with van der Waals surface area (Å²) in [5, 5.41) is 2.93. The van der Waals surface area contributed by atoms with Crippen molar-refractivity contribution in [1.82, 2.24) is 9.80 Å². The summed E-state index contributed by atoms with van der Waals surface area (Å²) in [6.45, 7) is 6.24. The first kappa shape index (κ1) is 21.0. The van der Waals surface area contributed by atoms with Gasteiger partial charge in [-0.2, -0.15) is 0 Å². The van der Waals surface area contributed by atoms with E-state index in [4.69, 9.17) is 0 Å². The Kier molecular flexibility index (Phi) is 7.33. The van der Waals surface area contributed by atoms with Crippen molar-refractivity contribution < 1.29 is 9.59 Å². The van der Waals surface area contributed by atoms with E-state index in [0.717, 1.165) is 31.7 Å². The second-order valence-corrected chi connectivity index (χ2v) is 7.47. The van der Waals surface area contributed by atoms with Crippen LogP contribution in [0, 0.1) is 0 Å². The number of carbonyl (C=O) groups is 2. The Hall–Kier alpha value is -2.76. The van der Waals surface area contributed by atoms with Gasteiger partial charge in [-0.1, -0.05) is 37.3 Å². The summed E-state index contributed by atoms with van der Waals surface area (Å²) >= 11 is 0. The van der Waals surface area contributed by atoms with Crippen LogP contribution in [0.2, 0.25) is 0 Å². The van der Waals surface area contributed by atoms with Gasteiger partial charge in [0.1, 0.15) is 0 Å². The van der Waals surface area contributed by atoms with Gasteiger partial charge in [-0.25, -0.2) is 0 Å². The first-order valence-corrected chi connectivity index (χ1v) is 10.2. The second kappa shape index (κ2) is 10.1. The number of hydrogen-bond acceptors (Lipinski definition) is 4. The number of nitrogens with zero attached hydrogens (tertiary/aromatic N) is 2. The summed E-state index contributed by atoms with van der Waals surface area (Å²) in [6, 6.07) is 17.0. The van der Waals surface area contributed by atoms with Crippen molar-refractivity contribution in [2.24, 2.45) is 0 Å². The molecule has 1 N–H and O–H groups in total. The highest BCUT2D eigenvalue weighted by molar-refractivity contribution is 6.07. The first-order valence-electron chi connectivity index (χ1n) is 10.2. The zero-order chi connectivity index (χ0) is 20.6. The fraction of sp³-hybridized carbons (Fsp3) is 0.333. The highest BCUT2D eigenvalue weighted by atomic mass is 16.1. The third-order valence-electron chi connectivity index (χ3n) is 5.24. The molecule has 1 aliphatic rings. The Balaban J connectivity index is 1.58. The van der Waals surface area contributed by atoms with Crippen molar-refractivity contribution in [3.8, 4) is 0 Å². The van der Waals surface area contributed by atoms with Crippen molar-refractivity contribution >= 4 is 23.5 Å². The topological polar surface area (TPSA) is 52.7 Å². The number of rotatable bonds is 7. The van der Waals surface area contributed by atoms with E-state index in [9.17, 15) is 9.59 Å². The van der Waals surface area contributed by atoms with Gasteiger partial charge in [-0.3, -0.25) is 14.5 Å². The number of piperazine rings is 1. The molecule has 0 atom stereocenters. The lowest BCUT2D eigenvalue weighted by molar-refractivity contribution is -0.112. The molecular weight excluding hydrogens is 362 g/mol. The molecule has 1 saturated heterocycles. The molecule has 1 heterocycles. The fourth-order valence-electron chi connectivity index (χ4n) is 3.33. The van der Waals surface area contributed by atoms with E-state index in [0.29, 0.717) is 29.8 Å². The van der Waals surface area contributed by atoms with Crippen LogP contribution in [0.5, 0.6) is 0 Å². The number of ketones is 1. The third-order valence-corrected chi connectivity index (χ3v) is 5.24.